The fraction of sp³-hybridized carbons (Fsp3) is 0.550. The zero-order chi connectivity index (χ0) is 19.1. The van der Waals surface area contributed by atoms with Gasteiger partial charge in [0, 0.05) is 31.2 Å². The summed E-state index contributed by atoms with van der Waals surface area (Å²) in [5.74, 6) is 1.60. The van der Waals surface area contributed by atoms with Crippen LogP contribution in [0.1, 0.15) is 38.7 Å². The summed E-state index contributed by atoms with van der Waals surface area (Å²) in [6, 6.07) is 8.26. The van der Waals surface area contributed by atoms with Gasteiger partial charge in [0.25, 0.3) is 0 Å². The largest absolute Gasteiger partial charge is 0.355 e. The molecule has 146 valence electrons. The van der Waals surface area contributed by atoms with Gasteiger partial charge >= 0.3 is 0 Å². The minimum Gasteiger partial charge on any atom is -0.355 e. The van der Waals surface area contributed by atoms with E-state index in [1.807, 2.05) is 19.2 Å². The normalized spacial score (nSPS) is 16.3. The number of aromatic amines is 1. The Morgan fingerprint density at radius 2 is 2.04 bits per heavy atom. The van der Waals surface area contributed by atoms with Crippen LogP contribution in [0.4, 0.5) is 0 Å². The van der Waals surface area contributed by atoms with Gasteiger partial charge in [0.05, 0.1) is 0 Å². The number of hydrogen-bond acceptors (Lipinski definition) is 4. The van der Waals surface area contributed by atoms with Crippen molar-refractivity contribution in [2.75, 3.05) is 26.7 Å². The maximum absolute atomic E-state index is 4.37. The van der Waals surface area contributed by atoms with E-state index in [2.05, 4.69) is 61.7 Å². The van der Waals surface area contributed by atoms with Gasteiger partial charge in [0.1, 0.15) is 6.33 Å². The highest BCUT2D eigenvalue weighted by atomic mass is 15.2. The number of aromatic nitrogens is 3. The minimum absolute atomic E-state index is 0.115. The van der Waals surface area contributed by atoms with Crippen molar-refractivity contribution < 1.29 is 0 Å². The van der Waals surface area contributed by atoms with Gasteiger partial charge in [-0.25, -0.2) is 4.98 Å². The Labute approximate surface area is 161 Å². The number of benzene rings is 1. The van der Waals surface area contributed by atoms with E-state index in [-0.39, 0.29) is 5.54 Å². The quantitative estimate of drug-likeness (QED) is 0.538. The standard InChI is InChI=1S/C20H31N7/c1-20(2,27-10-5-4-6-11-27)14-23-19(21-3)22-13-16-8-7-9-17(12-16)18-24-15-25-26-18/h7-9,12,15H,4-6,10-11,13-14H2,1-3H3,(H2,21,22,23)(H,24,25,26). The molecule has 3 rings (SSSR count). The summed E-state index contributed by atoms with van der Waals surface area (Å²) in [5, 5.41) is 13.7. The molecule has 2 aromatic rings. The molecule has 0 aliphatic carbocycles. The van der Waals surface area contributed by atoms with Crippen LogP contribution in [0, 0.1) is 0 Å². The van der Waals surface area contributed by atoms with Crippen LogP contribution in [0.5, 0.6) is 0 Å². The second-order valence-electron chi connectivity index (χ2n) is 7.67. The first-order valence-corrected chi connectivity index (χ1v) is 9.73. The minimum atomic E-state index is 0.115. The van der Waals surface area contributed by atoms with Crippen molar-refractivity contribution in [3.63, 3.8) is 0 Å². The lowest BCUT2D eigenvalue weighted by Gasteiger charge is -2.41. The first-order valence-electron chi connectivity index (χ1n) is 9.73. The maximum Gasteiger partial charge on any atom is 0.191 e. The number of likely N-dealkylation sites (tertiary alicyclic amines) is 1. The monoisotopic (exact) mass is 369 g/mol. The summed E-state index contributed by atoms with van der Waals surface area (Å²) in [6.07, 6.45) is 5.49. The number of nitrogens with zero attached hydrogens (tertiary/aromatic N) is 4. The number of nitrogens with one attached hydrogen (secondary N) is 3. The van der Waals surface area contributed by atoms with E-state index in [1.165, 1.54) is 44.2 Å². The number of piperidine rings is 1. The summed E-state index contributed by atoms with van der Waals surface area (Å²) in [5.41, 5.74) is 2.31. The Balaban J connectivity index is 1.53. The van der Waals surface area contributed by atoms with Gasteiger partial charge < -0.3 is 10.6 Å². The molecular formula is C20H31N7. The zero-order valence-corrected chi connectivity index (χ0v) is 16.6. The molecule has 2 heterocycles. The van der Waals surface area contributed by atoms with E-state index in [0.717, 1.165) is 23.9 Å². The van der Waals surface area contributed by atoms with Gasteiger partial charge in [-0.15, -0.1) is 0 Å². The van der Waals surface area contributed by atoms with Crippen LogP contribution < -0.4 is 10.6 Å². The van der Waals surface area contributed by atoms with Gasteiger partial charge in [-0.2, -0.15) is 5.10 Å². The van der Waals surface area contributed by atoms with Crippen LogP contribution in [-0.4, -0.2) is 58.3 Å². The summed E-state index contributed by atoms with van der Waals surface area (Å²) in [4.78, 5) is 11.2. The Morgan fingerprint density at radius 3 is 2.74 bits per heavy atom. The molecule has 7 nitrogen and oxygen atoms in total. The highest BCUT2D eigenvalue weighted by molar-refractivity contribution is 5.79. The smallest absolute Gasteiger partial charge is 0.191 e. The van der Waals surface area contributed by atoms with Crippen LogP contribution >= 0.6 is 0 Å². The van der Waals surface area contributed by atoms with Crippen LogP contribution in [0.2, 0.25) is 0 Å². The Bertz CT molecular complexity index is 731. The van der Waals surface area contributed by atoms with E-state index < -0.39 is 0 Å². The molecule has 1 aliphatic heterocycles. The molecule has 0 radical (unpaired) electrons. The van der Waals surface area contributed by atoms with Gasteiger partial charge in [0.2, 0.25) is 0 Å². The third-order valence-corrected chi connectivity index (χ3v) is 5.20. The molecule has 0 atom stereocenters. The predicted molar refractivity (Wildman–Crippen MR) is 110 cm³/mol. The van der Waals surface area contributed by atoms with Crippen molar-refractivity contribution in [1.29, 1.82) is 0 Å². The molecule has 0 unspecified atom stereocenters. The van der Waals surface area contributed by atoms with Gasteiger partial charge in [0.15, 0.2) is 11.8 Å². The van der Waals surface area contributed by atoms with Crippen molar-refractivity contribution in [3.8, 4) is 11.4 Å². The second kappa shape index (κ2) is 8.99. The summed E-state index contributed by atoms with van der Waals surface area (Å²) >= 11 is 0. The van der Waals surface area contributed by atoms with Gasteiger partial charge in [-0.1, -0.05) is 24.6 Å². The van der Waals surface area contributed by atoms with Crippen molar-refractivity contribution in [2.45, 2.75) is 45.2 Å². The molecule has 0 bridgehead atoms. The lowest BCUT2D eigenvalue weighted by Crippen LogP contribution is -2.54. The molecule has 0 spiro atoms. The number of aliphatic imine (C=N–C) groups is 1. The van der Waals surface area contributed by atoms with Crippen molar-refractivity contribution >= 4 is 5.96 Å². The molecule has 0 saturated carbocycles. The van der Waals surface area contributed by atoms with Crippen LogP contribution in [-0.2, 0) is 6.54 Å². The number of guanidine groups is 1. The SMILES string of the molecule is CN=C(NCc1cccc(-c2ncn[nH]2)c1)NCC(C)(C)N1CCCCC1. The number of rotatable bonds is 6. The highest BCUT2D eigenvalue weighted by Crippen LogP contribution is 2.20. The lowest BCUT2D eigenvalue weighted by atomic mass is 9.98. The predicted octanol–water partition coefficient (Wildman–Crippen LogP) is 2.40. The molecule has 0 amide bonds. The summed E-state index contributed by atoms with van der Waals surface area (Å²) < 4.78 is 0. The van der Waals surface area contributed by atoms with Crippen molar-refractivity contribution in [2.24, 2.45) is 4.99 Å². The van der Waals surface area contributed by atoms with E-state index in [1.54, 1.807) is 0 Å². The molecule has 1 fully saturated rings. The number of H-pyrrole nitrogens is 1. The first kappa shape index (κ1) is 19.4. The molecule has 27 heavy (non-hydrogen) atoms. The molecule has 3 N–H and O–H groups in total. The van der Waals surface area contributed by atoms with Crippen LogP contribution in [0.25, 0.3) is 11.4 Å². The fourth-order valence-electron chi connectivity index (χ4n) is 3.49. The zero-order valence-electron chi connectivity index (χ0n) is 16.6. The molecule has 1 aromatic heterocycles. The average Bonchev–Trinajstić information content (AvgIpc) is 3.24. The van der Waals surface area contributed by atoms with Crippen LogP contribution in [0.3, 0.4) is 0 Å². The topological polar surface area (TPSA) is 81.2 Å². The van der Waals surface area contributed by atoms with E-state index in [4.69, 9.17) is 0 Å². The van der Waals surface area contributed by atoms with E-state index >= 15 is 0 Å². The molecule has 1 saturated heterocycles. The average molecular weight is 370 g/mol. The van der Waals surface area contributed by atoms with E-state index in [9.17, 15) is 0 Å². The molecule has 1 aliphatic rings. The van der Waals surface area contributed by atoms with E-state index in [0.29, 0.717) is 6.54 Å². The first-order chi connectivity index (χ1) is 13.1. The summed E-state index contributed by atoms with van der Waals surface area (Å²) in [7, 11) is 1.81. The maximum atomic E-state index is 4.37. The fourth-order valence-corrected chi connectivity index (χ4v) is 3.49. The van der Waals surface area contributed by atoms with Gasteiger partial charge in [-0.05, 0) is 51.4 Å². The van der Waals surface area contributed by atoms with Crippen molar-refractivity contribution in [1.82, 2.24) is 30.7 Å². The molecular weight excluding hydrogens is 338 g/mol. The molecule has 7 heteroatoms. The highest BCUT2D eigenvalue weighted by Gasteiger charge is 2.27. The van der Waals surface area contributed by atoms with Crippen molar-refractivity contribution in [3.05, 3.63) is 36.2 Å². The molecule has 1 aromatic carbocycles. The summed E-state index contributed by atoms with van der Waals surface area (Å²) in [6.45, 7) is 8.56. The lowest BCUT2D eigenvalue weighted by molar-refractivity contribution is 0.0982. The second-order valence-corrected chi connectivity index (χ2v) is 7.67. The Kier molecular flexibility index (Phi) is 6.45. The Hall–Kier alpha value is -2.41. The van der Waals surface area contributed by atoms with Crippen LogP contribution in [0.15, 0.2) is 35.6 Å². The Morgan fingerprint density at radius 1 is 1.22 bits per heavy atom. The number of hydrogen-bond donors (Lipinski definition) is 3. The third-order valence-electron chi connectivity index (χ3n) is 5.20. The van der Waals surface area contributed by atoms with Gasteiger partial charge in [-0.3, -0.25) is 15.0 Å². The third kappa shape index (κ3) is 5.29.